The summed E-state index contributed by atoms with van der Waals surface area (Å²) in [7, 11) is 0. The summed E-state index contributed by atoms with van der Waals surface area (Å²) in [6.07, 6.45) is 5.54. The summed E-state index contributed by atoms with van der Waals surface area (Å²) in [6, 6.07) is 51.9. The molecule has 8 aromatic rings. The predicted molar refractivity (Wildman–Crippen MR) is 205 cm³/mol. The minimum atomic E-state index is 0.380. The number of nitrogens with zero attached hydrogens (tertiary/aromatic N) is 3. The quantitative estimate of drug-likeness (QED) is 0.179. The van der Waals surface area contributed by atoms with Crippen molar-refractivity contribution >= 4 is 55.2 Å². The van der Waals surface area contributed by atoms with E-state index in [9.17, 15) is 0 Å². The third-order valence-electron chi connectivity index (χ3n) is 9.80. The molecule has 1 unspecified atom stereocenters. The van der Waals surface area contributed by atoms with Crippen molar-refractivity contribution in [3.8, 4) is 33.9 Å². The van der Waals surface area contributed by atoms with Gasteiger partial charge < -0.3 is 0 Å². The van der Waals surface area contributed by atoms with E-state index in [2.05, 4.69) is 121 Å². The van der Waals surface area contributed by atoms with Crippen LogP contribution < -0.4 is 0 Å². The van der Waals surface area contributed by atoms with Gasteiger partial charge in [0, 0.05) is 26.8 Å². The standard InChI is InChI=1S/C45H29N3S/c1-3-11-28(12-4-1)43-46-44(29-13-5-2-6-14-29)48-45(47-43)32-21-24-42-40(27-32)39-26-31(20-23-41(39)49-42)30-19-22-37-35-17-8-7-15-33(35)34-16-9-10-18-36(34)38(37)25-30/h1-23,25-27,42H,24H2. The molecule has 4 heteroatoms. The summed E-state index contributed by atoms with van der Waals surface area (Å²) in [6.45, 7) is 0. The van der Waals surface area contributed by atoms with E-state index in [0.29, 0.717) is 22.7 Å². The highest BCUT2D eigenvalue weighted by atomic mass is 32.2. The Labute approximate surface area is 288 Å². The van der Waals surface area contributed by atoms with Gasteiger partial charge >= 0.3 is 0 Å². The van der Waals surface area contributed by atoms with Gasteiger partial charge in [0.15, 0.2) is 17.5 Å². The molecule has 0 amide bonds. The predicted octanol–water partition coefficient (Wildman–Crippen LogP) is 11.7. The average Bonchev–Trinajstić information content (AvgIpc) is 3.55. The fraction of sp³-hybridized carbons (Fsp3) is 0.0444. The summed E-state index contributed by atoms with van der Waals surface area (Å²) in [5.41, 5.74) is 8.12. The highest BCUT2D eigenvalue weighted by molar-refractivity contribution is 8.00. The molecule has 7 aromatic carbocycles. The van der Waals surface area contributed by atoms with E-state index >= 15 is 0 Å². The van der Waals surface area contributed by atoms with Crippen LogP contribution in [0.4, 0.5) is 0 Å². The molecule has 230 valence electrons. The Morgan fingerprint density at radius 2 is 0.959 bits per heavy atom. The maximum Gasteiger partial charge on any atom is 0.164 e. The Hall–Kier alpha value is -5.84. The van der Waals surface area contributed by atoms with E-state index < -0.39 is 0 Å². The Kier molecular flexibility index (Phi) is 6.56. The van der Waals surface area contributed by atoms with Gasteiger partial charge in [-0.1, -0.05) is 133 Å². The lowest BCUT2D eigenvalue weighted by atomic mass is 9.90. The second-order valence-electron chi connectivity index (χ2n) is 12.7. The van der Waals surface area contributed by atoms with Crippen molar-refractivity contribution in [2.24, 2.45) is 0 Å². The summed E-state index contributed by atoms with van der Waals surface area (Å²) in [5.74, 6) is 2.08. The van der Waals surface area contributed by atoms with Crippen molar-refractivity contribution in [3.63, 3.8) is 0 Å². The minimum absolute atomic E-state index is 0.380. The summed E-state index contributed by atoms with van der Waals surface area (Å²) in [5, 5.41) is 8.16. The Morgan fingerprint density at radius 1 is 0.449 bits per heavy atom. The number of allylic oxidation sites excluding steroid dienone is 3. The van der Waals surface area contributed by atoms with Crippen LogP contribution in [0.3, 0.4) is 0 Å². The van der Waals surface area contributed by atoms with Crippen molar-refractivity contribution in [2.45, 2.75) is 16.6 Å². The topological polar surface area (TPSA) is 38.7 Å². The molecule has 3 nitrogen and oxygen atoms in total. The molecule has 0 radical (unpaired) electrons. The van der Waals surface area contributed by atoms with Crippen molar-refractivity contribution in [1.82, 2.24) is 15.0 Å². The molecule has 0 N–H and O–H groups in total. The van der Waals surface area contributed by atoms with Crippen LogP contribution in [-0.4, -0.2) is 20.2 Å². The van der Waals surface area contributed by atoms with E-state index in [1.54, 1.807) is 0 Å². The highest BCUT2D eigenvalue weighted by Gasteiger charge is 2.30. The molecule has 10 rings (SSSR count). The summed E-state index contributed by atoms with van der Waals surface area (Å²) in [4.78, 5) is 16.3. The first-order valence-electron chi connectivity index (χ1n) is 16.7. The van der Waals surface area contributed by atoms with Crippen LogP contribution >= 0.6 is 11.8 Å². The largest absolute Gasteiger partial charge is 0.208 e. The number of hydrogen-bond donors (Lipinski definition) is 0. The molecule has 0 spiro atoms. The zero-order chi connectivity index (χ0) is 32.3. The van der Waals surface area contributed by atoms with Gasteiger partial charge in [-0.15, -0.1) is 11.8 Å². The Bertz CT molecular complexity index is 2570. The Morgan fingerprint density at radius 3 is 1.59 bits per heavy atom. The monoisotopic (exact) mass is 643 g/mol. The van der Waals surface area contributed by atoms with Gasteiger partial charge in [0.1, 0.15) is 0 Å². The van der Waals surface area contributed by atoms with Crippen molar-refractivity contribution in [1.29, 1.82) is 0 Å². The third kappa shape index (κ3) is 4.79. The zero-order valence-electron chi connectivity index (χ0n) is 26.5. The first-order valence-corrected chi connectivity index (χ1v) is 17.6. The van der Waals surface area contributed by atoms with Gasteiger partial charge in [-0.3, -0.25) is 0 Å². The van der Waals surface area contributed by atoms with Gasteiger partial charge in [0.05, 0.1) is 0 Å². The molecule has 1 atom stereocenters. The van der Waals surface area contributed by atoms with Crippen molar-refractivity contribution < 1.29 is 0 Å². The second kappa shape index (κ2) is 11.4. The van der Waals surface area contributed by atoms with E-state index in [-0.39, 0.29) is 0 Å². The molecular formula is C45H29N3S. The number of hydrogen-bond acceptors (Lipinski definition) is 4. The van der Waals surface area contributed by atoms with Crippen LogP contribution in [0, 0.1) is 0 Å². The van der Waals surface area contributed by atoms with E-state index in [1.165, 1.54) is 59.5 Å². The Balaban J connectivity index is 1.07. The van der Waals surface area contributed by atoms with Gasteiger partial charge in [0.2, 0.25) is 0 Å². The van der Waals surface area contributed by atoms with Crippen LogP contribution in [0.5, 0.6) is 0 Å². The average molecular weight is 644 g/mol. The summed E-state index contributed by atoms with van der Waals surface area (Å²) < 4.78 is 0. The molecule has 1 aliphatic carbocycles. The number of rotatable bonds is 4. The van der Waals surface area contributed by atoms with E-state index in [1.807, 2.05) is 48.2 Å². The fourth-order valence-corrected chi connectivity index (χ4v) is 8.69. The highest BCUT2D eigenvalue weighted by Crippen LogP contribution is 2.50. The van der Waals surface area contributed by atoms with Gasteiger partial charge in [0.25, 0.3) is 0 Å². The van der Waals surface area contributed by atoms with Crippen LogP contribution in [-0.2, 0) is 0 Å². The molecule has 0 saturated heterocycles. The van der Waals surface area contributed by atoms with Crippen LogP contribution in [0.25, 0.3) is 77.4 Å². The van der Waals surface area contributed by atoms with E-state index in [4.69, 9.17) is 15.0 Å². The minimum Gasteiger partial charge on any atom is -0.208 e. The molecule has 2 aliphatic rings. The zero-order valence-corrected chi connectivity index (χ0v) is 27.4. The normalized spacial score (nSPS) is 15.2. The summed E-state index contributed by atoms with van der Waals surface area (Å²) >= 11 is 1.96. The molecule has 0 bridgehead atoms. The lowest BCUT2D eigenvalue weighted by Gasteiger charge is -2.17. The number of benzene rings is 7. The first-order chi connectivity index (χ1) is 24.3. The van der Waals surface area contributed by atoms with Crippen molar-refractivity contribution in [2.75, 3.05) is 0 Å². The van der Waals surface area contributed by atoms with Gasteiger partial charge in [-0.2, -0.15) is 0 Å². The van der Waals surface area contributed by atoms with Crippen molar-refractivity contribution in [3.05, 3.63) is 169 Å². The molecule has 2 heterocycles. The van der Waals surface area contributed by atoms with Crippen LogP contribution in [0.1, 0.15) is 17.8 Å². The first kappa shape index (κ1) is 28.2. The molecule has 0 saturated carbocycles. The lowest BCUT2D eigenvalue weighted by Crippen LogP contribution is -2.07. The van der Waals surface area contributed by atoms with E-state index in [0.717, 1.165) is 23.1 Å². The molecule has 49 heavy (non-hydrogen) atoms. The molecule has 1 aromatic heterocycles. The molecule has 1 aliphatic heterocycles. The SMILES string of the molecule is C1=C(c2nc(-c3ccccc3)nc(-c3ccccc3)n2)C=C2c3cc(-c4ccc5c6ccccc6c6ccccc6c5c4)ccc3SC2C1. The fourth-order valence-electron chi connectivity index (χ4n) is 7.42. The maximum atomic E-state index is 5.02. The third-order valence-corrected chi connectivity index (χ3v) is 11.1. The smallest absolute Gasteiger partial charge is 0.164 e. The molecular weight excluding hydrogens is 615 g/mol. The maximum absolute atomic E-state index is 5.02. The van der Waals surface area contributed by atoms with Gasteiger partial charge in [-0.05, 0) is 85.3 Å². The number of fused-ring (bicyclic) bond motifs is 9. The van der Waals surface area contributed by atoms with Crippen LogP contribution in [0.15, 0.2) is 163 Å². The number of thioether (sulfide) groups is 1. The molecule has 0 fully saturated rings. The second-order valence-corrected chi connectivity index (χ2v) is 13.9. The number of aromatic nitrogens is 3. The lowest BCUT2D eigenvalue weighted by molar-refractivity contribution is 1.02. The van der Waals surface area contributed by atoms with Crippen LogP contribution in [0.2, 0.25) is 0 Å². The van der Waals surface area contributed by atoms with Gasteiger partial charge in [-0.25, -0.2) is 15.0 Å².